The van der Waals surface area contributed by atoms with Gasteiger partial charge in [-0.05, 0) is 48.4 Å². The van der Waals surface area contributed by atoms with Crippen molar-refractivity contribution in [2.75, 3.05) is 10.6 Å². The summed E-state index contributed by atoms with van der Waals surface area (Å²) in [5.74, 6) is -1.04. The molecule has 2 N–H and O–H groups in total. The van der Waals surface area contributed by atoms with E-state index in [4.69, 9.17) is 5.73 Å². The van der Waals surface area contributed by atoms with Crippen molar-refractivity contribution in [3.63, 3.8) is 0 Å². The Labute approximate surface area is 135 Å². The lowest BCUT2D eigenvalue weighted by Crippen LogP contribution is -2.35. The Bertz CT molecular complexity index is 802. The summed E-state index contributed by atoms with van der Waals surface area (Å²) < 4.78 is 52.4. The number of nitrogens with two attached hydrogens (primary N) is 1. The molecule has 1 aliphatic rings. The Morgan fingerprint density at radius 1 is 1.08 bits per heavy atom. The van der Waals surface area contributed by atoms with Gasteiger partial charge in [0.05, 0.1) is 12.1 Å². The third-order valence-corrected chi connectivity index (χ3v) is 4.01. The highest BCUT2D eigenvalue weighted by molar-refractivity contribution is 5.96. The number of nitrogens with zero attached hydrogens (tertiary/aromatic N) is 1. The molecule has 0 atom stereocenters. The molecule has 0 bridgehead atoms. The molecular weight excluding hydrogens is 324 g/mol. The van der Waals surface area contributed by atoms with Gasteiger partial charge in [-0.1, -0.05) is 0 Å². The number of hydrogen-bond acceptors (Lipinski definition) is 2. The van der Waals surface area contributed by atoms with Crippen molar-refractivity contribution in [1.29, 1.82) is 0 Å². The minimum atomic E-state index is -4.57. The zero-order valence-corrected chi connectivity index (χ0v) is 12.5. The number of fused-ring (bicyclic) bond motifs is 1. The lowest BCUT2D eigenvalue weighted by molar-refractivity contribution is -0.137. The molecule has 0 aliphatic carbocycles. The van der Waals surface area contributed by atoms with E-state index in [1.54, 1.807) is 18.2 Å². The van der Waals surface area contributed by atoms with Gasteiger partial charge in [-0.15, -0.1) is 0 Å². The molecule has 1 heterocycles. The monoisotopic (exact) mass is 338 g/mol. The van der Waals surface area contributed by atoms with Crippen LogP contribution < -0.4 is 10.6 Å². The summed E-state index contributed by atoms with van der Waals surface area (Å²) in [6, 6.07) is 7.16. The second-order valence-electron chi connectivity index (χ2n) is 5.67. The molecule has 0 spiro atoms. The molecule has 0 aromatic heterocycles. The van der Waals surface area contributed by atoms with Crippen molar-refractivity contribution >= 4 is 17.3 Å². The molecule has 24 heavy (non-hydrogen) atoms. The van der Waals surface area contributed by atoms with Crippen molar-refractivity contribution in [1.82, 2.24) is 0 Å². The number of carbonyl (C=O) groups is 1. The van der Waals surface area contributed by atoms with Crippen molar-refractivity contribution in [3.8, 4) is 0 Å². The summed E-state index contributed by atoms with van der Waals surface area (Å²) in [6.45, 7) is -0.258. The summed E-state index contributed by atoms with van der Waals surface area (Å²) in [7, 11) is 0. The molecule has 0 unspecified atom stereocenters. The summed E-state index contributed by atoms with van der Waals surface area (Å²) in [4.78, 5) is 13.5. The summed E-state index contributed by atoms with van der Waals surface area (Å²) >= 11 is 0. The van der Waals surface area contributed by atoms with Gasteiger partial charge in [0.15, 0.2) is 0 Å². The molecule has 1 aliphatic heterocycles. The van der Waals surface area contributed by atoms with E-state index in [1.165, 1.54) is 4.90 Å². The van der Waals surface area contributed by atoms with Gasteiger partial charge in [-0.25, -0.2) is 4.39 Å². The fraction of sp³-hybridized carbons (Fsp3) is 0.235. The Morgan fingerprint density at radius 2 is 1.83 bits per heavy atom. The van der Waals surface area contributed by atoms with Gasteiger partial charge < -0.3 is 10.6 Å². The maximum absolute atomic E-state index is 14.0. The number of benzene rings is 2. The maximum Gasteiger partial charge on any atom is 0.416 e. The number of nitrogen functional groups attached to an aromatic ring is 1. The van der Waals surface area contributed by atoms with Gasteiger partial charge in [-0.3, -0.25) is 4.79 Å². The fourth-order valence-electron chi connectivity index (χ4n) is 2.80. The number of rotatable bonds is 2. The number of anilines is 2. The molecule has 126 valence electrons. The van der Waals surface area contributed by atoms with Crippen LogP contribution in [0.1, 0.15) is 23.1 Å². The fourth-order valence-corrected chi connectivity index (χ4v) is 2.80. The van der Waals surface area contributed by atoms with Gasteiger partial charge in [-0.2, -0.15) is 13.2 Å². The van der Waals surface area contributed by atoms with Crippen LogP contribution in [0.3, 0.4) is 0 Å². The highest BCUT2D eigenvalue weighted by Gasteiger charge is 2.32. The molecule has 0 saturated carbocycles. The predicted octanol–water partition coefficient (Wildman–Crippen LogP) is 3.91. The molecule has 0 fully saturated rings. The number of hydrogen-bond donors (Lipinski definition) is 1. The van der Waals surface area contributed by atoms with Crippen LogP contribution in [0.25, 0.3) is 0 Å². The minimum absolute atomic E-state index is 0.178. The van der Waals surface area contributed by atoms with E-state index in [1.807, 2.05) is 0 Å². The van der Waals surface area contributed by atoms with Crippen LogP contribution in [0.4, 0.5) is 28.9 Å². The van der Waals surface area contributed by atoms with Crippen LogP contribution >= 0.6 is 0 Å². The largest absolute Gasteiger partial charge is 0.416 e. The highest BCUT2D eigenvalue weighted by atomic mass is 19.4. The molecule has 2 aromatic carbocycles. The van der Waals surface area contributed by atoms with E-state index in [0.29, 0.717) is 23.9 Å². The lowest BCUT2D eigenvalue weighted by Gasteiger charge is -2.30. The van der Waals surface area contributed by atoms with Gasteiger partial charge in [0.25, 0.3) is 0 Å². The van der Waals surface area contributed by atoms with Gasteiger partial charge >= 0.3 is 6.18 Å². The third-order valence-electron chi connectivity index (χ3n) is 4.01. The zero-order chi connectivity index (χ0) is 17.5. The molecule has 0 saturated heterocycles. The standard InChI is InChI=1S/C17H14F4N2O/c18-14-4-2-12(17(19,20)21)7-11(14)9-23-15-5-3-13(22)8-10(15)1-6-16(23)24/h2-5,7-8H,1,6,9,22H2. The molecule has 0 radical (unpaired) electrons. The minimum Gasteiger partial charge on any atom is -0.399 e. The highest BCUT2D eigenvalue weighted by Crippen LogP contribution is 2.33. The molecule has 2 aromatic rings. The molecular formula is C17H14F4N2O. The first-order valence-electron chi connectivity index (χ1n) is 7.30. The van der Waals surface area contributed by atoms with Gasteiger partial charge in [0.2, 0.25) is 5.91 Å². The second-order valence-corrected chi connectivity index (χ2v) is 5.67. The normalized spacial score (nSPS) is 14.7. The van der Waals surface area contributed by atoms with E-state index in [9.17, 15) is 22.4 Å². The average Bonchev–Trinajstić information content (AvgIpc) is 2.50. The van der Waals surface area contributed by atoms with Crippen LogP contribution in [-0.2, 0) is 23.9 Å². The van der Waals surface area contributed by atoms with E-state index in [2.05, 4.69) is 0 Å². The van der Waals surface area contributed by atoms with Crippen molar-refractivity contribution in [2.24, 2.45) is 0 Å². The summed E-state index contributed by atoms with van der Waals surface area (Å²) in [6.07, 6.45) is -3.86. The molecule has 3 rings (SSSR count). The van der Waals surface area contributed by atoms with E-state index in [0.717, 1.165) is 17.7 Å². The van der Waals surface area contributed by atoms with Crippen LogP contribution in [0.2, 0.25) is 0 Å². The number of amides is 1. The smallest absolute Gasteiger partial charge is 0.399 e. The van der Waals surface area contributed by atoms with Crippen molar-refractivity contribution < 1.29 is 22.4 Å². The van der Waals surface area contributed by atoms with E-state index >= 15 is 0 Å². The first-order chi connectivity index (χ1) is 11.3. The predicted molar refractivity (Wildman–Crippen MR) is 81.8 cm³/mol. The number of halogens is 4. The first kappa shape index (κ1) is 16.3. The summed E-state index contributed by atoms with van der Waals surface area (Å²) in [5, 5.41) is 0. The number of aryl methyl sites for hydroxylation is 1. The molecule has 7 heteroatoms. The SMILES string of the molecule is Nc1ccc2c(c1)CCC(=O)N2Cc1cc(C(F)(F)F)ccc1F. The van der Waals surface area contributed by atoms with Crippen LogP contribution in [0.5, 0.6) is 0 Å². The quantitative estimate of drug-likeness (QED) is 0.667. The Hall–Kier alpha value is -2.57. The molecule has 3 nitrogen and oxygen atoms in total. The number of carbonyl (C=O) groups excluding carboxylic acids is 1. The van der Waals surface area contributed by atoms with E-state index in [-0.39, 0.29) is 24.4 Å². The average molecular weight is 338 g/mol. The summed E-state index contributed by atoms with van der Waals surface area (Å²) in [5.41, 5.74) is 6.51. The second kappa shape index (κ2) is 5.81. The Balaban J connectivity index is 1.98. The van der Waals surface area contributed by atoms with Crippen LogP contribution in [-0.4, -0.2) is 5.91 Å². The number of alkyl halides is 3. The van der Waals surface area contributed by atoms with Crippen molar-refractivity contribution in [2.45, 2.75) is 25.6 Å². The maximum atomic E-state index is 14.0. The van der Waals surface area contributed by atoms with Crippen LogP contribution in [0.15, 0.2) is 36.4 Å². The lowest BCUT2D eigenvalue weighted by atomic mass is 9.99. The van der Waals surface area contributed by atoms with Crippen molar-refractivity contribution in [3.05, 3.63) is 58.9 Å². The third kappa shape index (κ3) is 3.06. The van der Waals surface area contributed by atoms with E-state index < -0.39 is 17.6 Å². The zero-order valence-electron chi connectivity index (χ0n) is 12.5. The molecule has 1 amide bonds. The topological polar surface area (TPSA) is 46.3 Å². The van der Waals surface area contributed by atoms with Crippen LogP contribution in [0, 0.1) is 5.82 Å². The Kier molecular flexibility index (Phi) is 3.95. The Morgan fingerprint density at radius 3 is 2.54 bits per heavy atom. The first-order valence-corrected chi connectivity index (χ1v) is 7.30. The van der Waals surface area contributed by atoms with Gasteiger partial charge in [0, 0.05) is 23.4 Å². The van der Waals surface area contributed by atoms with Gasteiger partial charge in [0.1, 0.15) is 5.82 Å².